The number of H-pyrrole nitrogens is 1. The molecule has 1 heterocycles. The topological polar surface area (TPSA) is 61.5 Å². The Balaban J connectivity index is 3.20. The van der Waals surface area contributed by atoms with Crippen molar-refractivity contribution in [2.24, 2.45) is 0 Å². The molecular formula is C27H41F3N4O2. The van der Waals surface area contributed by atoms with Gasteiger partial charge >= 0.3 is 6.18 Å². The first-order valence-electron chi connectivity index (χ1n) is 12.1. The van der Waals surface area contributed by atoms with Crippen LogP contribution in [-0.2, 0) is 10.9 Å². The fourth-order valence-corrected chi connectivity index (χ4v) is 4.39. The van der Waals surface area contributed by atoms with Crippen LogP contribution in [0.1, 0.15) is 64.1 Å². The first kappa shape index (κ1) is 31.4. The third-order valence-electron chi connectivity index (χ3n) is 5.85. The zero-order valence-electron chi connectivity index (χ0n) is 22.4. The standard InChI is InChI=1S/C27H41F3N4O2/c1-9-13-14-15-21(10-2)19-33(24(35)22-18-23(32-31-22)27(28,29)30)16-17-34(11-3)25(5,6)20-26(7,8)36-12-4/h9-10,13-15,18H,1-2,11-12,16-17,19-20H2,3-8H3,(H,31,32)/b14-13-,21-15+. The van der Waals surface area contributed by atoms with E-state index < -0.39 is 17.8 Å². The third kappa shape index (κ3) is 9.78. The number of likely N-dealkylation sites (N-methyl/N-ethyl adjacent to an activating group) is 1. The van der Waals surface area contributed by atoms with Crippen LogP contribution >= 0.6 is 0 Å². The van der Waals surface area contributed by atoms with E-state index >= 15 is 0 Å². The van der Waals surface area contributed by atoms with Crippen molar-refractivity contribution in [2.75, 3.05) is 32.8 Å². The molecule has 0 unspecified atom stereocenters. The average molecular weight is 511 g/mol. The fourth-order valence-electron chi connectivity index (χ4n) is 4.39. The van der Waals surface area contributed by atoms with Gasteiger partial charge in [-0.1, -0.05) is 50.5 Å². The summed E-state index contributed by atoms with van der Waals surface area (Å²) >= 11 is 0. The van der Waals surface area contributed by atoms with Crippen molar-refractivity contribution < 1.29 is 22.7 Å². The monoisotopic (exact) mass is 510 g/mol. The molecule has 1 amide bonds. The van der Waals surface area contributed by atoms with Crippen molar-refractivity contribution in [3.63, 3.8) is 0 Å². The van der Waals surface area contributed by atoms with Crippen LogP contribution < -0.4 is 0 Å². The number of carbonyl (C=O) groups excluding carboxylic acids is 1. The number of amides is 1. The van der Waals surface area contributed by atoms with Crippen LogP contribution in [0.4, 0.5) is 13.2 Å². The highest BCUT2D eigenvalue weighted by atomic mass is 19.4. The van der Waals surface area contributed by atoms with Crippen LogP contribution in [0.5, 0.6) is 0 Å². The summed E-state index contributed by atoms with van der Waals surface area (Å²) in [4.78, 5) is 17.0. The van der Waals surface area contributed by atoms with Crippen molar-refractivity contribution in [3.05, 3.63) is 66.6 Å². The molecule has 1 rings (SSSR count). The number of allylic oxidation sites excluding steroid dienone is 4. The molecule has 0 radical (unpaired) electrons. The number of hydrogen-bond donors (Lipinski definition) is 1. The molecule has 0 bridgehead atoms. The van der Waals surface area contributed by atoms with Crippen LogP contribution in [0.3, 0.4) is 0 Å². The second-order valence-electron chi connectivity index (χ2n) is 9.72. The molecule has 0 aliphatic carbocycles. The molecule has 0 aromatic carbocycles. The number of aromatic amines is 1. The quantitative estimate of drug-likeness (QED) is 0.293. The summed E-state index contributed by atoms with van der Waals surface area (Å²) in [5.41, 5.74) is -1.19. The highest BCUT2D eigenvalue weighted by Crippen LogP contribution is 2.29. The predicted molar refractivity (Wildman–Crippen MR) is 139 cm³/mol. The minimum absolute atomic E-state index is 0.173. The predicted octanol–water partition coefficient (Wildman–Crippen LogP) is 6.03. The second-order valence-corrected chi connectivity index (χ2v) is 9.72. The summed E-state index contributed by atoms with van der Waals surface area (Å²) < 4.78 is 45.1. The number of rotatable bonds is 15. The van der Waals surface area contributed by atoms with Gasteiger partial charge in [-0.2, -0.15) is 18.3 Å². The number of carbonyl (C=O) groups is 1. The van der Waals surface area contributed by atoms with E-state index in [1.165, 1.54) is 4.90 Å². The summed E-state index contributed by atoms with van der Waals surface area (Å²) in [5.74, 6) is -0.568. The smallest absolute Gasteiger partial charge is 0.376 e. The Hall–Kier alpha value is -2.65. The average Bonchev–Trinajstić information content (AvgIpc) is 3.27. The maximum Gasteiger partial charge on any atom is 0.435 e. The molecule has 6 nitrogen and oxygen atoms in total. The number of alkyl halides is 3. The van der Waals surface area contributed by atoms with Gasteiger partial charge < -0.3 is 9.64 Å². The van der Waals surface area contributed by atoms with Gasteiger partial charge in [-0.15, -0.1) is 0 Å². The number of hydrogen-bond acceptors (Lipinski definition) is 4. The van der Waals surface area contributed by atoms with Gasteiger partial charge in [0.05, 0.1) is 5.60 Å². The molecule has 0 aliphatic heterocycles. The Labute approximate surface area is 213 Å². The lowest BCUT2D eigenvalue weighted by atomic mass is 9.87. The van der Waals surface area contributed by atoms with E-state index in [4.69, 9.17) is 4.74 Å². The number of nitrogens with zero attached hydrogens (tertiary/aromatic N) is 3. The highest BCUT2D eigenvalue weighted by Gasteiger charge is 2.36. The Kier molecular flexibility index (Phi) is 11.9. The molecule has 1 aromatic heterocycles. The van der Waals surface area contributed by atoms with E-state index in [0.717, 1.165) is 24.6 Å². The Morgan fingerprint density at radius 2 is 1.81 bits per heavy atom. The molecule has 1 aromatic rings. The lowest BCUT2D eigenvalue weighted by Gasteiger charge is -2.43. The van der Waals surface area contributed by atoms with Crippen LogP contribution in [0.15, 0.2) is 55.2 Å². The lowest BCUT2D eigenvalue weighted by molar-refractivity contribution is -0.141. The molecule has 0 atom stereocenters. The van der Waals surface area contributed by atoms with E-state index in [1.54, 1.807) is 30.4 Å². The molecular weight excluding hydrogens is 469 g/mol. The van der Waals surface area contributed by atoms with E-state index in [0.29, 0.717) is 19.7 Å². The van der Waals surface area contributed by atoms with Gasteiger partial charge in [-0.3, -0.25) is 14.8 Å². The van der Waals surface area contributed by atoms with E-state index in [2.05, 4.69) is 56.0 Å². The van der Waals surface area contributed by atoms with Crippen LogP contribution in [0.2, 0.25) is 0 Å². The zero-order valence-corrected chi connectivity index (χ0v) is 22.4. The lowest BCUT2D eigenvalue weighted by Crippen LogP contribution is -2.51. The maximum atomic E-state index is 13.3. The molecule has 0 aliphatic rings. The van der Waals surface area contributed by atoms with Crippen molar-refractivity contribution in [1.82, 2.24) is 20.0 Å². The van der Waals surface area contributed by atoms with Gasteiger partial charge in [-0.05, 0) is 53.2 Å². The van der Waals surface area contributed by atoms with Crippen molar-refractivity contribution in [2.45, 2.75) is 65.3 Å². The largest absolute Gasteiger partial charge is 0.435 e. The van der Waals surface area contributed by atoms with E-state index in [1.807, 2.05) is 13.8 Å². The minimum atomic E-state index is -4.64. The van der Waals surface area contributed by atoms with Gasteiger partial charge in [0, 0.05) is 37.8 Å². The highest BCUT2D eigenvalue weighted by molar-refractivity contribution is 5.92. The van der Waals surface area contributed by atoms with Crippen LogP contribution in [-0.4, -0.2) is 69.8 Å². The number of nitrogens with one attached hydrogen (secondary N) is 1. The summed E-state index contributed by atoms with van der Waals surface area (Å²) in [6, 6.07) is 0.746. The van der Waals surface area contributed by atoms with Gasteiger partial charge in [-0.25, -0.2) is 0 Å². The van der Waals surface area contributed by atoms with Crippen LogP contribution in [0, 0.1) is 0 Å². The normalized spacial score (nSPS) is 13.4. The SMILES string of the molecule is C=C/C=C\C=C(/C=C)CN(CCN(CC)C(C)(C)CC(C)(C)OCC)C(=O)c1cc(C(F)(F)F)n[nH]1. The zero-order chi connectivity index (χ0) is 27.6. The summed E-state index contributed by atoms with van der Waals surface area (Å²) in [6.45, 7) is 22.1. The van der Waals surface area contributed by atoms with Gasteiger partial charge in [0.1, 0.15) is 5.69 Å². The first-order chi connectivity index (χ1) is 16.7. The van der Waals surface area contributed by atoms with Gasteiger partial charge in [0.15, 0.2) is 5.69 Å². The molecule has 202 valence electrons. The van der Waals surface area contributed by atoms with Crippen LogP contribution in [0.25, 0.3) is 0 Å². The van der Waals surface area contributed by atoms with E-state index in [9.17, 15) is 18.0 Å². The Bertz CT molecular complexity index is 930. The number of halogens is 3. The Morgan fingerprint density at radius 3 is 2.31 bits per heavy atom. The third-order valence-corrected chi connectivity index (χ3v) is 5.85. The number of ether oxygens (including phenoxy) is 1. The molecule has 0 saturated heterocycles. The maximum absolute atomic E-state index is 13.3. The first-order valence-corrected chi connectivity index (χ1v) is 12.1. The van der Waals surface area contributed by atoms with E-state index in [-0.39, 0.29) is 23.4 Å². The van der Waals surface area contributed by atoms with Crippen molar-refractivity contribution in [1.29, 1.82) is 0 Å². The molecule has 0 saturated carbocycles. The van der Waals surface area contributed by atoms with Crippen molar-refractivity contribution >= 4 is 5.91 Å². The van der Waals surface area contributed by atoms with Crippen molar-refractivity contribution in [3.8, 4) is 0 Å². The molecule has 1 N–H and O–H groups in total. The molecule has 9 heteroatoms. The fraction of sp³-hybridized carbons (Fsp3) is 0.556. The minimum Gasteiger partial charge on any atom is -0.376 e. The summed E-state index contributed by atoms with van der Waals surface area (Å²) in [5, 5.41) is 5.53. The van der Waals surface area contributed by atoms with Gasteiger partial charge in [0.2, 0.25) is 0 Å². The molecule has 0 spiro atoms. The summed E-state index contributed by atoms with van der Waals surface area (Å²) in [6.07, 6.45) is 4.65. The summed E-state index contributed by atoms with van der Waals surface area (Å²) in [7, 11) is 0. The number of aromatic nitrogens is 2. The Morgan fingerprint density at radius 1 is 1.14 bits per heavy atom. The molecule has 36 heavy (non-hydrogen) atoms. The molecule has 0 fully saturated rings. The second kappa shape index (κ2) is 13.6. The van der Waals surface area contributed by atoms with Gasteiger partial charge in [0.25, 0.3) is 5.91 Å².